The highest BCUT2D eigenvalue weighted by atomic mass is 16.5. The molecule has 0 saturated carbocycles. The molecule has 0 N–H and O–H groups in total. The minimum atomic E-state index is 0.266. The van der Waals surface area contributed by atoms with Crippen LogP contribution in [-0.4, -0.2) is 23.3 Å². The zero-order chi connectivity index (χ0) is 17.9. The first-order valence-corrected chi connectivity index (χ1v) is 8.66. The second-order valence-corrected chi connectivity index (χ2v) is 6.38. The van der Waals surface area contributed by atoms with Crippen molar-refractivity contribution in [2.75, 3.05) is 12.0 Å². The molecule has 6 nitrogen and oxygen atoms in total. The topological polar surface area (TPSA) is 60.6 Å². The summed E-state index contributed by atoms with van der Waals surface area (Å²) < 4.78 is 16.2. The van der Waals surface area contributed by atoms with Crippen molar-refractivity contribution in [2.24, 2.45) is 0 Å². The maximum absolute atomic E-state index is 5.70. The lowest BCUT2D eigenvalue weighted by Gasteiger charge is -2.22. The molecule has 2 aromatic carbocycles. The van der Waals surface area contributed by atoms with Crippen LogP contribution in [0.1, 0.15) is 24.2 Å². The summed E-state index contributed by atoms with van der Waals surface area (Å²) >= 11 is 0. The van der Waals surface area contributed by atoms with Crippen molar-refractivity contribution in [3.05, 3.63) is 65.8 Å². The number of rotatable bonds is 6. The molecule has 6 heteroatoms. The molecule has 1 aliphatic heterocycles. The zero-order valence-corrected chi connectivity index (χ0v) is 14.9. The standard InChI is InChI=1S/C20H21N3O3/c1-14-11-15-5-3-4-6-18(15)23(14)12-20-21-19(22-26-20)13-25-17-9-7-16(24-2)8-10-17/h3-10,14H,11-13H2,1-2H3. The maximum atomic E-state index is 5.70. The first-order chi connectivity index (χ1) is 12.7. The fourth-order valence-corrected chi connectivity index (χ4v) is 3.25. The Kier molecular flexibility index (Phi) is 4.48. The van der Waals surface area contributed by atoms with E-state index >= 15 is 0 Å². The van der Waals surface area contributed by atoms with Crippen LogP contribution in [0.15, 0.2) is 53.1 Å². The van der Waals surface area contributed by atoms with Gasteiger partial charge in [-0.15, -0.1) is 0 Å². The van der Waals surface area contributed by atoms with Crippen LogP contribution in [0.5, 0.6) is 11.5 Å². The van der Waals surface area contributed by atoms with E-state index in [2.05, 4.69) is 46.2 Å². The highest BCUT2D eigenvalue weighted by molar-refractivity contribution is 5.59. The molecule has 0 saturated heterocycles. The van der Waals surface area contributed by atoms with Crippen LogP contribution in [0, 0.1) is 0 Å². The van der Waals surface area contributed by atoms with Crippen LogP contribution in [0.25, 0.3) is 0 Å². The SMILES string of the molecule is COc1ccc(OCc2noc(CN3c4ccccc4CC3C)n2)cc1. The molecule has 1 atom stereocenters. The summed E-state index contributed by atoms with van der Waals surface area (Å²) in [6, 6.07) is 16.3. The fraction of sp³-hybridized carbons (Fsp3) is 0.300. The molecule has 3 aromatic rings. The van der Waals surface area contributed by atoms with E-state index in [1.807, 2.05) is 24.3 Å². The Morgan fingerprint density at radius 1 is 1.12 bits per heavy atom. The summed E-state index contributed by atoms with van der Waals surface area (Å²) in [5, 5.41) is 4.03. The predicted molar refractivity (Wildman–Crippen MR) is 97.4 cm³/mol. The molecule has 0 bridgehead atoms. The van der Waals surface area contributed by atoms with Gasteiger partial charge in [0.1, 0.15) is 11.5 Å². The smallest absolute Gasteiger partial charge is 0.246 e. The van der Waals surface area contributed by atoms with Crippen LogP contribution in [-0.2, 0) is 19.6 Å². The molecule has 0 fully saturated rings. The van der Waals surface area contributed by atoms with Gasteiger partial charge in [-0.3, -0.25) is 0 Å². The van der Waals surface area contributed by atoms with E-state index in [-0.39, 0.29) is 6.61 Å². The number of para-hydroxylation sites is 1. The summed E-state index contributed by atoms with van der Waals surface area (Å²) in [7, 11) is 1.64. The molecule has 4 rings (SSSR count). The van der Waals surface area contributed by atoms with E-state index in [4.69, 9.17) is 14.0 Å². The number of anilines is 1. The second kappa shape index (κ2) is 7.07. The number of methoxy groups -OCH3 is 1. The maximum Gasteiger partial charge on any atom is 0.246 e. The van der Waals surface area contributed by atoms with E-state index in [9.17, 15) is 0 Å². The molecular weight excluding hydrogens is 330 g/mol. The molecule has 134 valence electrons. The third kappa shape index (κ3) is 3.35. The number of hydrogen-bond donors (Lipinski definition) is 0. The van der Waals surface area contributed by atoms with Gasteiger partial charge in [-0.05, 0) is 49.2 Å². The Labute approximate surface area is 152 Å². The minimum Gasteiger partial charge on any atom is -0.497 e. The van der Waals surface area contributed by atoms with E-state index < -0.39 is 0 Å². The van der Waals surface area contributed by atoms with Gasteiger partial charge in [0.25, 0.3) is 0 Å². The molecule has 26 heavy (non-hydrogen) atoms. The highest BCUT2D eigenvalue weighted by Gasteiger charge is 2.27. The van der Waals surface area contributed by atoms with Crippen LogP contribution in [0.3, 0.4) is 0 Å². The summed E-state index contributed by atoms with van der Waals surface area (Å²) in [4.78, 5) is 6.76. The molecule has 2 heterocycles. The lowest BCUT2D eigenvalue weighted by molar-refractivity contribution is 0.284. The number of aromatic nitrogens is 2. The van der Waals surface area contributed by atoms with Crippen LogP contribution in [0.4, 0.5) is 5.69 Å². The van der Waals surface area contributed by atoms with Crippen molar-refractivity contribution in [3.63, 3.8) is 0 Å². The first kappa shape index (κ1) is 16.4. The van der Waals surface area contributed by atoms with Gasteiger partial charge in [0.2, 0.25) is 11.7 Å². The van der Waals surface area contributed by atoms with E-state index in [0.717, 1.165) is 17.9 Å². The van der Waals surface area contributed by atoms with Gasteiger partial charge in [-0.25, -0.2) is 0 Å². The van der Waals surface area contributed by atoms with E-state index in [1.165, 1.54) is 11.3 Å². The minimum absolute atomic E-state index is 0.266. The van der Waals surface area contributed by atoms with Crippen molar-refractivity contribution < 1.29 is 14.0 Å². The van der Waals surface area contributed by atoms with Crippen molar-refractivity contribution >= 4 is 5.69 Å². The van der Waals surface area contributed by atoms with Gasteiger partial charge in [-0.2, -0.15) is 4.98 Å². The molecule has 0 aliphatic carbocycles. The number of benzene rings is 2. The predicted octanol–water partition coefficient (Wildman–Crippen LogP) is 3.61. The third-order valence-electron chi connectivity index (χ3n) is 4.59. The van der Waals surface area contributed by atoms with Gasteiger partial charge in [0, 0.05) is 11.7 Å². The van der Waals surface area contributed by atoms with Crippen LogP contribution >= 0.6 is 0 Å². The molecule has 1 unspecified atom stereocenters. The van der Waals surface area contributed by atoms with E-state index in [1.54, 1.807) is 7.11 Å². The monoisotopic (exact) mass is 351 g/mol. The van der Waals surface area contributed by atoms with Gasteiger partial charge < -0.3 is 18.9 Å². The Balaban J connectivity index is 1.39. The number of hydrogen-bond acceptors (Lipinski definition) is 6. The van der Waals surface area contributed by atoms with E-state index in [0.29, 0.717) is 24.3 Å². The molecule has 0 spiro atoms. The van der Waals surface area contributed by atoms with Gasteiger partial charge in [-0.1, -0.05) is 23.4 Å². The fourth-order valence-electron chi connectivity index (χ4n) is 3.25. The Bertz CT molecular complexity index is 876. The molecule has 1 aromatic heterocycles. The van der Waals surface area contributed by atoms with Crippen molar-refractivity contribution in [3.8, 4) is 11.5 Å². The van der Waals surface area contributed by atoms with Crippen LogP contribution < -0.4 is 14.4 Å². The molecule has 1 aliphatic rings. The normalized spacial score (nSPS) is 15.8. The quantitative estimate of drug-likeness (QED) is 0.676. The van der Waals surface area contributed by atoms with Crippen LogP contribution in [0.2, 0.25) is 0 Å². The largest absolute Gasteiger partial charge is 0.497 e. The number of fused-ring (bicyclic) bond motifs is 1. The highest BCUT2D eigenvalue weighted by Crippen LogP contribution is 2.32. The Hall–Kier alpha value is -3.02. The average molecular weight is 351 g/mol. The first-order valence-electron chi connectivity index (χ1n) is 8.66. The summed E-state index contributed by atoms with van der Waals surface area (Å²) in [5.74, 6) is 2.66. The zero-order valence-electron chi connectivity index (χ0n) is 14.9. The lowest BCUT2D eigenvalue weighted by Crippen LogP contribution is -2.28. The average Bonchev–Trinajstić information content (AvgIpc) is 3.25. The Morgan fingerprint density at radius 2 is 1.88 bits per heavy atom. The second-order valence-electron chi connectivity index (χ2n) is 6.38. The van der Waals surface area contributed by atoms with Gasteiger partial charge >= 0.3 is 0 Å². The molecule has 0 amide bonds. The summed E-state index contributed by atoms with van der Waals surface area (Å²) in [5.41, 5.74) is 2.61. The van der Waals surface area contributed by atoms with Gasteiger partial charge in [0.05, 0.1) is 13.7 Å². The number of ether oxygens (including phenoxy) is 2. The third-order valence-corrected chi connectivity index (χ3v) is 4.59. The van der Waals surface area contributed by atoms with Crippen molar-refractivity contribution in [2.45, 2.75) is 32.5 Å². The lowest BCUT2D eigenvalue weighted by atomic mass is 10.1. The summed E-state index contributed by atoms with van der Waals surface area (Å²) in [6.07, 6.45) is 1.04. The molecular formula is C20H21N3O3. The number of nitrogens with zero attached hydrogens (tertiary/aromatic N) is 3. The van der Waals surface area contributed by atoms with Crippen molar-refractivity contribution in [1.82, 2.24) is 10.1 Å². The summed E-state index contributed by atoms with van der Waals surface area (Å²) in [6.45, 7) is 3.08. The van der Waals surface area contributed by atoms with Crippen molar-refractivity contribution in [1.29, 1.82) is 0 Å². The van der Waals surface area contributed by atoms with Gasteiger partial charge in [0.15, 0.2) is 6.61 Å². The Morgan fingerprint density at radius 3 is 2.69 bits per heavy atom. The molecule has 0 radical (unpaired) electrons.